The molecule has 0 bridgehead atoms. The second kappa shape index (κ2) is 2.62. The maximum atomic E-state index is 11.2. The van der Waals surface area contributed by atoms with Gasteiger partial charge >= 0.3 is 0 Å². The molecule has 0 atom stereocenters. The van der Waals surface area contributed by atoms with Crippen LogP contribution in [-0.4, -0.2) is 22.0 Å². The molecule has 0 saturated heterocycles. The lowest BCUT2D eigenvalue weighted by atomic mass is 10.0. The van der Waals surface area contributed by atoms with Crippen LogP contribution in [0.15, 0.2) is 6.20 Å². The van der Waals surface area contributed by atoms with Crippen molar-refractivity contribution in [2.24, 2.45) is 0 Å². The Morgan fingerprint density at radius 3 is 3.00 bits per heavy atom. The Morgan fingerprint density at radius 2 is 2.23 bits per heavy atom. The van der Waals surface area contributed by atoms with Gasteiger partial charge in [0.1, 0.15) is 0 Å². The van der Waals surface area contributed by atoms with Crippen LogP contribution in [0, 0.1) is 6.92 Å². The Hall–Kier alpha value is -1.78. The van der Waals surface area contributed by atoms with Gasteiger partial charge < -0.3 is 0 Å². The van der Waals surface area contributed by atoms with Crippen molar-refractivity contribution >= 4 is 11.8 Å². The van der Waals surface area contributed by atoms with E-state index in [1.54, 1.807) is 13.1 Å². The number of hydrogen-bond acceptors (Lipinski definition) is 4. The Balaban J connectivity index is 2.61. The molecule has 0 aromatic carbocycles. The number of amides is 2. The number of aromatic nitrogens is 2. The molecule has 1 aromatic rings. The summed E-state index contributed by atoms with van der Waals surface area (Å²) in [5.41, 5.74) is 1.77. The number of carbonyl (C=O) groups excluding carboxylic acids is 2. The topological polar surface area (TPSA) is 72.0 Å². The van der Waals surface area contributed by atoms with E-state index < -0.39 is 5.91 Å². The molecule has 13 heavy (non-hydrogen) atoms. The predicted octanol–water partition coefficient (Wildman–Crippen LogP) is -0.402. The van der Waals surface area contributed by atoms with Crippen molar-refractivity contribution in [1.82, 2.24) is 15.5 Å². The average Bonchev–Trinajstić information content (AvgIpc) is 2.07. The summed E-state index contributed by atoms with van der Waals surface area (Å²) in [6.45, 7) is 1.80. The number of fused-ring (bicyclic) bond motifs is 1. The lowest BCUT2D eigenvalue weighted by Gasteiger charge is -2.14. The Labute approximate surface area is 74.2 Å². The zero-order valence-corrected chi connectivity index (χ0v) is 7.00. The lowest BCUT2D eigenvalue weighted by molar-refractivity contribution is -0.119. The molecule has 0 spiro atoms. The molecule has 0 aliphatic carbocycles. The van der Waals surface area contributed by atoms with E-state index >= 15 is 0 Å². The summed E-state index contributed by atoms with van der Waals surface area (Å²) in [6, 6.07) is 0. The molecule has 1 aromatic heterocycles. The maximum Gasteiger partial charge on any atom is 0.278 e. The minimum absolute atomic E-state index is 0.211. The highest BCUT2D eigenvalue weighted by Gasteiger charge is 2.25. The molecular formula is C8H7N3O2. The third-order valence-corrected chi connectivity index (χ3v) is 1.98. The molecular weight excluding hydrogens is 170 g/mol. The summed E-state index contributed by atoms with van der Waals surface area (Å²) in [4.78, 5) is 22.2. The van der Waals surface area contributed by atoms with E-state index in [0.717, 1.165) is 5.56 Å². The SMILES string of the molecule is Cc1cnnc2c1CC(=O)NC2=O. The van der Waals surface area contributed by atoms with Gasteiger partial charge in [-0.25, -0.2) is 0 Å². The molecule has 1 N–H and O–H groups in total. The molecule has 1 aliphatic rings. The van der Waals surface area contributed by atoms with Crippen LogP contribution in [0.3, 0.4) is 0 Å². The smallest absolute Gasteiger partial charge is 0.278 e. The Bertz CT molecular complexity index is 400. The fraction of sp³-hybridized carbons (Fsp3) is 0.250. The molecule has 5 heteroatoms. The third kappa shape index (κ3) is 1.18. The van der Waals surface area contributed by atoms with Gasteiger partial charge in [-0.15, -0.1) is 5.10 Å². The first kappa shape index (κ1) is 7.85. The number of nitrogens with zero attached hydrogens (tertiary/aromatic N) is 2. The fourth-order valence-corrected chi connectivity index (χ4v) is 1.29. The van der Waals surface area contributed by atoms with Crippen molar-refractivity contribution in [1.29, 1.82) is 0 Å². The van der Waals surface area contributed by atoms with E-state index in [1.165, 1.54) is 0 Å². The van der Waals surface area contributed by atoms with Gasteiger partial charge in [0.15, 0.2) is 5.69 Å². The normalized spacial score (nSPS) is 15.2. The number of hydrogen-bond donors (Lipinski definition) is 1. The zero-order chi connectivity index (χ0) is 9.42. The molecule has 2 heterocycles. The van der Waals surface area contributed by atoms with Crippen LogP contribution < -0.4 is 5.32 Å². The average molecular weight is 177 g/mol. The summed E-state index contributed by atoms with van der Waals surface area (Å²) in [5.74, 6) is -0.740. The quantitative estimate of drug-likeness (QED) is 0.547. The fourth-order valence-electron chi connectivity index (χ4n) is 1.29. The highest BCUT2D eigenvalue weighted by atomic mass is 16.2. The summed E-state index contributed by atoms with van der Waals surface area (Å²) < 4.78 is 0. The van der Waals surface area contributed by atoms with E-state index in [0.29, 0.717) is 5.56 Å². The molecule has 0 saturated carbocycles. The maximum absolute atomic E-state index is 11.2. The van der Waals surface area contributed by atoms with Crippen LogP contribution in [0.2, 0.25) is 0 Å². The molecule has 5 nitrogen and oxygen atoms in total. The number of aryl methyl sites for hydroxylation is 1. The van der Waals surface area contributed by atoms with Gasteiger partial charge in [0, 0.05) is 0 Å². The van der Waals surface area contributed by atoms with E-state index in [1.807, 2.05) is 0 Å². The summed E-state index contributed by atoms with van der Waals surface area (Å²) in [7, 11) is 0. The standard InChI is InChI=1S/C8H7N3O2/c1-4-3-9-11-7-5(4)2-6(12)10-8(7)13/h3H,2H2,1H3,(H,10,12,13). The van der Waals surface area contributed by atoms with Crippen molar-refractivity contribution in [3.05, 3.63) is 23.0 Å². The second-order valence-corrected chi connectivity index (χ2v) is 2.91. The van der Waals surface area contributed by atoms with Crippen LogP contribution in [0.4, 0.5) is 0 Å². The van der Waals surface area contributed by atoms with Crippen LogP contribution >= 0.6 is 0 Å². The number of rotatable bonds is 0. The van der Waals surface area contributed by atoms with Crippen LogP contribution in [-0.2, 0) is 11.2 Å². The van der Waals surface area contributed by atoms with Gasteiger partial charge in [0.25, 0.3) is 5.91 Å². The van der Waals surface area contributed by atoms with Gasteiger partial charge in [-0.1, -0.05) is 0 Å². The molecule has 0 radical (unpaired) electrons. The lowest BCUT2D eigenvalue weighted by Crippen LogP contribution is -2.38. The van der Waals surface area contributed by atoms with E-state index in [9.17, 15) is 9.59 Å². The predicted molar refractivity (Wildman–Crippen MR) is 42.9 cm³/mol. The van der Waals surface area contributed by atoms with Crippen molar-refractivity contribution in [3.63, 3.8) is 0 Å². The van der Waals surface area contributed by atoms with Gasteiger partial charge in [0.05, 0.1) is 12.6 Å². The van der Waals surface area contributed by atoms with Gasteiger partial charge in [-0.05, 0) is 18.1 Å². The first-order chi connectivity index (χ1) is 6.18. The zero-order valence-electron chi connectivity index (χ0n) is 7.00. The summed E-state index contributed by atoms with van der Waals surface area (Å²) in [5, 5.41) is 9.51. The minimum atomic E-state index is -0.456. The van der Waals surface area contributed by atoms with E-state index in [-0.39, 0.29) is 18.0 Å². The highest BCUT2D eigenvalue weighted by molar-refractivity contribution is 6.08. The van der Waals surface area contributed by atoms with Crippen molar-refractivity contribution in [2.75, 3.05) is 0 Å². The van der Waals surface area contributed by atoms with Crippen molar-refractivity contribution in [2.45, 2.75) is 13.3 Å². The second-order valence-electron chi connectivity index (χ2n) is 2.91. The highest BCUT2D eigenvalue weighted by Crippen LogP contribution is 2.14. The minimum Gasteiger partial charge on any atom is -0.291 e. The summed E-state index contributed by atoms with van der Waals surface area (Å²) in [6.07, 6.45) is 1.76. The van der Waals surface area contributed by atoms with Gasteiger partial charge in [-0.2, -0.15) is 5.10 Å². The van der Waals surface area contributed by atoms with E-state index in [4.69, 9.17) is 0 Å². The molecule has 0 fully saturated rings. The van der Waals surface area contributed by atoms with E-state index in [2.05, 4.69) is 15.5 Å². The third-order valence-electron chi connectivity index (χ3n) is 1.98. The number of nitrogens with one attached hydrogen (secondary N) is 1. The van der Waals surface area contributed by atoms with Gasteiger partial charge in [0.2, 0.25) is 5.91 Å². The Kier molecular flexibility index (Phi) is 1.58. The van der Waals surface area contributed by atoms with Crippen LogP contribution in [0.5, 0.6) is 0 Å². The largest absolute Gasteiger partial charge is 0.291 e. The molecule has 2 rings (SSSR count). The first-order valence-electron chi connectivity index (χ1n) is 3.84. The molecule has 0 unspecified atom stereocenters. The summed E-state index contributed by atoms with van der Waals surface area (Å²) >= 11 is 0. The van der Waals surface area contributed by atoms with Gasteiger partial charge in [-0.3, -0.25) is 14.9 Å². The van der Waals surface area contributed by atoms with Crippen LogP contribution in [0.25, 0.3) is 0 Å². The number of imide groups is 1. The number of carbonyl (C=O) groups is 2. The first-order valence-corrected chi connectivity index (χ1v) is 3.84. The van der Waals surface area contributed by atoms with Crippen molar-refractivity contribution < 1.29 is 9.59 Å². The molecule has 1 aliphatic heterocycles. The Morgan fingerprint density at radius 1 is 1.46 bits per heavy atom. The molecule has 2 amide bonds. The molecule has 66 valence electrons. The monoisotopic (exact) mass is 177 g/mol. The van der Waals surface area contributed by atoms with Crippen molar-refractivity contribution in [3.8, 4) is 0 Å². The van der Waals surface area contributed by atoms with Crippen LogP contribution in [0.1, 0.15) is 21.6 Å².